The number of likely N-dealkylation sites (tertiary alicyclic amines) is 1. The number of nitrogens with zero attached hydrogens (tertiary/aromatic N) is 2. The van der Waals surface area contributed by atoms with Crippen LogP contribution in [0.25, 0.3) is 10.9 Å². The Kier molecular flexibility index (Phi) is 18.9. The third kappa shape index (κ3) is 15.0. The van der Waals surface area contributed by atoms with Gasteiger partial charge in [0.2, 0.25) is 35.4 Å². The number of nitrogens with one attached hydrogen (secondary N) is 6. The van der Waals surface area contributed by atoms with Crippen molar-refractivity contribution < 1.29 is 63.6 Å². The Morgan fingerprint density at radius 2 is 1.30 bits per heavy atom. The number of aliphatic imine (C=N–C) groups is 1. The van der Waals surface area contributed by atoms with E-state index >= 15 is 0 Å². The first-order chi connectivity index (χ1) is 31.4. The number of carboxylic acid groups (broad SMARTS) is 3. The molecule has 0 spiro atoms. The van der Waals surface area contributed by atoms with E-state index in [0.717, 1.165) is 10.4 Å². The first-order valence-corrected chi connectivity index (χ1v) is 20.9. The summed E-state index contributed by atoms with van der Waals surface area (Å²) >= 11 is 0. The summed E-state index contributed by atoms with van der Waals surface area (Å²) in [4.78, 5) is 126. The van der Waals surface area contributed by atoms with E-state index in [1.807, 2.05) is 0 Å². The molecule has 1 aromatic heterocycles. The van der Waals surface area contributed by atoms with Gasteiger partial charge in [-0.2, -0.15) is 0 Å². The number of aromatic amines is 1. The summed E-state index contributed by atoms with van der Waals surface area (Å²) < 4.78 is 0. The predicted octanol–water partition coefficient (Wildman–Crippen LogP) is -3.22. The zero-order valence-electron chi connectivity index (χ0n) is 35.7. The highest BCUT2D eigenvalue weighted by molar-refractivity contribution is 5.99. The quantitative estimate of drug-likeness (QED) is 0.0226. The molecule has 1 aliphatic heterocycles. The van der Waals surface area contributed by atoms with E-state index in [1.165, 1.54) is 0 Å². The first-order valence-electron chi connectivity index (χ1n) is 20.9. The van der Waals surface area contributed by atoms with Gasteiger partial charge in [0.05, 0.1) is 19.4 Å². The number of guanidine groups is 1. The summed E-state index contributed by atoms with van der Waals surface area (Å²) in [6.07, 6.45) is -0.359. The van der Waals surface area contributed by atoms with E-state index in [0.29, 0.717) is 16.5 Å². The topological polar surface area (TPSA) is 404 Å². The third-order valence-electron chi connectivity index (χ3n) is 10.6. The lowest BCUT2D eigenvalue weighted by Gasteiger charge is -2.30. The molecule has 1 fully saturated rings. The maximum Gasteiger partial charge on any atom is 0.326 e. The Morgan fingerprint density at radius 3 is 1.94 bits per heavy atom. The van der Waals surface area contributed by atoms with Crippen molar-refractivity contribution in [1.82, 2.24) is 36.5 Å². The maximum absolute atomic E-state index is 14.2. The number of amides is 6. The van der Waals surface area contributed by atoms with Gasteiger partial charge in [-0.15, -0.1) is 0 Å². The number of aliphatic carboxylic acids is 3. The number of carboxylic acids is 3. The van der Waals surface area contributed by atoms with Crippen molar-refractivity contribution in [1.29, 1.82) is 0 Å². The van der Waals surface area contributed by atoms with E-state index in [9.17, 15) is 63.6 Å². The molecular weight excluding hydrogens is 867 g/mol. The van der Waals surface area contributed by atoms with Crippen molar-refractivity contribution in [3.8, 4) is 0 Å². The number of para-hydroxylation sites is 1. The minimum absolute atomic E-state index is 0.00418. The Balaban J connectivity index is 1.58. The maximum atomic E-state index is 14.2. The minimum Gasteiger partial charge on any atom is -0.481 e. The fraction of sp³-hybridized carbons (Fsp3) is 0.429. The molecule has 7 atom stereocenters. The van der Waals surface area contributed by atoms with Crippen LogP contribution in [0.2, 0.25) is 0 Å². The summed E-state index contributed by atoms with van der Waals surface area (Å²) in [7, 11) is 0. The molecule has 356 valence electrons. The second-order valence-corrected chi connectivity index (χ2v) is 15.5. The smallest absolute Gasteiger partial charge is 0.326 e. The Bertz CT molecular complexity index is 2270. The Hall–Kier alpha value is -7.60. The number of aromatic nitrogens is 1. The fourth-order valence-corrected chi connectivity index (χ4v) is 7.26. The minimum atomic E-state index is -1.86. The van der Waals surface area contributed by atoms with Crippen LogP contribution in [-0.4, -0.2) is 152 Å². The van der Waals surface area contributed by atoms with E-state index in [2.05, 4.69) is 36.6 Å². The van der Waals surface area contributed by atoms with Crippen LogP contribution in [-0.2, 0) is 56.0 Å². The highest BCUT2D eigenvalue weighted by atomic mass is 16.4. The predicted molar refractivity (Wildman–Crippen MR) is 234 cm³/mol. The number of H-pyrrole nitrogens is 1. The van der Waals surface area contributed by atoms with E-state index in [-0.39, 0.29) is 57.6 Å². The van der Waals surface area contributed by atoms with Gasteiger partial charge >= 0.3 is 17.9 Å². The average Bonchev–Trinajstić information content (AvgIpc) is 3.93. The lowest BCUT2D eigenvalue weighted by molar-refractivity contribution is -0.147. The Labute approximate surface area is 377 Å². The molecule has 0 unspecified atom stereocenters. The van der Waals surface area contributed by atoms with Gasteiger partial charge in [0.25, 0.3) is 0 Å². The molecule has 0 radical (unpaired) electrons. The summed E-state index contributed by atoms with van der Waals surface area (Å²) in [6.45, 7) is -0.813. The second kappa shape index (κ2) is 24.5. The number of carbonyl (C=O) groups is 9. The van der Waals surface area contributed by atoms with Crippen LogP contribution in [0.3, 0.4) is 0 Å². The molecule has 24 nitrogen and oxygen atoms in total. The fourth-order valence-electron chi connectivity index (χ4n) is 7.26. The lowest BCUT2D eigenvalue weighted by Crippen LogP contribution is -2.60. The number of aliphatic hydroxyl groups excluding tert-OH is 1. The number of fused-ring (bicyclic) bond motifs is 1. The molecule has 1 aliphatic rings. The lowest BCUT2D eigenvalue weighted by atomic mass is 10.0. The van der Waals surface area contributed by atoms with Gasteiger partial charge in [-0.1, -0.05) is 48.5 Å². The molecule has 24 heteroatoms. The molecule has 0 aliphatic carbocycles. The molecule has 66 heavy (non-hydrogen) atoms. The van der Waals surface area contributed by atoms with Crippen molar-refractivity contribution >= 4 is 70.2 Å². The summed E-state index contributed by atoms with van der Waals surface area (Å²) in [5.74, 6) is -10.5. The Morgan fingerprint density at radius 1 is 0.727 bits per heavy atom. The van der Waals surface area contributed by atoms with E-state index in [1.54, 1.807) is 60.8 Å². The highest BCUT2D eigenvalue weighted by Gasteiger charge is 2.41. The average molecular weight is 922 g/mol. The zero-order chi connectivity index (χ0) is 48.5. The molecule has 2 heterocycles. The third-order valence-corrected chi connectivity index (χ3v) is 10.6. The highest BCUT2D eigenvalue weighted by Crippen LogP contribution is 2.22. The number of benzene rings is 2. The van der Waals surface area contributed by atoms with Gasteiger partial charge in [0.1, 0.15) is 42.3 Å². The molecule has 6 amide bonds. The number of nitrogens with two attached hydrogens (primary N) is 3. The molecule has 2 aromatic carbocycles. The van der Waals surface area contributed by atoms with E-state index < -0.39 is 115 Å². The van der Waals surface area contributed by atoms with Crippen molar-refractivity contribution in [2.24, 2.45) is 22.2 Å². The molecule has 4 rings (SSSR count). The zero-order valence-corrected chi connectivity index (χ0v) is 35.7. The summed E-state index contributed by atoms with van der Waals surface area (Å²) in [5.41, 5.74) is 18.4. The van der Waals surface area contributed by atoms with Crippen molar-refractivity contribution in [3.05, 3.63) is 71.9 Å². The van der Waals surface area contributed by atoms with Gasteiger partial charge in [0, 0.05) is 43.0 Å². The van der Waals surface area contributed by atoms with Crippen LogP contribution in [0.15, 0.2) is 65.8 Å². The summed E-state index contributed by atoms with van der Waals surface area (Å²) in [5, 5.41) is 50.9. The van der Waals surface area contributed by atoms with Gasteiger partial charge in [0.15, 0.2) is 5.96 Å². The molecule has 3 aromatic rings. The SMILES string of the molecule is NC(N)=NCCC[C@H](NC(=O)[C@H](Cc1ccccc1)NC(=O)[C@@H]1CCCN1C(=O)[C@H](CC(=O)O)NC(=O)[C@H](Cc1c[nH]c2ccccc12)NC(=O)[C@@H](N)CO)C(=O)N[C@@H](CC(=O)O)C(=O)O. The van der Waals surface area contributed by atoms with E-state index in [4.69, 9.17) is 17.2 Å². The molecule has 1 saturated heterocycles. The van der Waals surface area contributed by atoms with Crippen molar-refractivity contribution in [2.45, 2.75) is 93.7 Å². The van der Waals surface area contributed by atoms with Crippen LogP contribution in [0.5, 0.6) is 0 Å². The van der Waals surface area contributed by atoms with Crippen molar-refractivity contribution in [2.75, 3.05) is 19.7 Å². The normalized spacial score (nSPS) is 16.0. The standard InChI is InChI=1S/C42H55N11O13/c43-25(21-54)35(59)49-29(17-23-20-47-26-11-5-4-10-24(23)26)38(62)51-30(18-33(55)56)40(64)53-15-7-13-32(53)39(63)50-28(16-22-8-2-1-3-9-22)37(61)48-27(12-6-14-46-42(44)45)36(60)52-31(41(65)66)19-34(57)58/h1-5,8-11,20,25,27-32,47,54H,6-7,12-19,21,43H2,(H,48,61)(H,49,59)(H,50,63)(H,51,62)(H,52,60)(H,55,56)(H,57,58)(H,65,66)(H4,44,45,46)/t25-,27-,28-,29-,30-,31-,32-/m0/s1. The number of hydrogen-bond acceptors (Lipinski definition) is 12. The van der Waals surface area contributed by atoms with Crippen LogP contribution in [0.4, 0.5) is 0 Å². The molecule has 0 bridgehead atoms. The first kappa shape index (κ1) is 51.0. The molecule has 16 N–H and O–H groups in total. The van der Waals surface area contributed by atoms with Gasteiger partial charge in [-0.25, -0.2) is 4.79 Å². The van der Waals surface area contributed by atoms with Crippen LogP contribution >= 0.6 is 0 Å². The van der Waals surface area contributed by atoms with Crippen LogP contribution < -0.4 is 43.8 Å². The van der Waals surface area contributed by atoms with Crippen LogP contribution in [0, 0.1) is 0 Å². The van der Waals surface area contributed by atoms with Gasteiger partial charge in [-0.05, 0) is 42.9 Å². The summed E-state index contributed by atoms with van der Waals surface area (Å²) in [6, 6.07) is 4.82. The van der Waals surface area contributed by atoms with Crippen LogP contribution in [0.1, 0.15) is 49.7 Å². The van der Waals surface area contributed by atoms with Gasteiger partial charge in [-0.3, -0.25) is 43.3 Å². The molecule has 0 saturated carbocycles. The van der Waals surface area contributed by atoms with Gasteiger partial charge < -0.3 is 74.1 Å². The van der Waals surface area contributed by atoms with Crippen molar-refractivity contribution in [3.63, 3.8) is 0 Å². The second-order valence-electron chi connectivity index (χ2n) is 15.5. The number of carbonyl (C=O) groups excluding carboxylic acids is 6. The largest absolute Gasteiger partial charge is 0.481 e. The number of rotatable bonds is 25. The number of hydrogen-bond donors (Lipinski definition) is 13. The number of aliphatic hydroxyl groups is 1. The molecular formula is C42H55N11O13. The monoisotopic (exact) mass is 921 g/mol.